The summed E-state index contributed by atoms with van der Waals surface area (Å²) in [4.78, 5) is 0.0489. The second kappa shape index (κ2) is 5.96. The molecule has 0 bridgehead atoms. The summed E-state index contributed by atoms with van der Waals surface area (Å²) in [5.74, 6) is -0.495. The molecule has 2 fully saturated rings. The van der Waals surface area contributed by atoms with Crippen LogP contribution in [0, 0.1) is 0 Å². The quantitative estimate of drug-likeness (QED) is 0.886. The van der Waals surface area contributed by atoms with Crippen LogP contribution < -0.4 is 4.72 Å². The molecule has 1 aliphatic carbocycles. The summed E-state index contributed by atoms with van der Waals surface area (Å²) in [7, 11) is -3.64. The number of hydrogen-bond donors (Lipinski definition) is 1. The van der Waals surface area contributed by atoms with Crippen LogP contribution in [0.25, 0.3) is 0 Å². The zero-order chi connectivity index (χ0) is 15.1. The molecule has 1 saturated heterocycles. The number of nitrogens with one attached hydrogen (secondary N) is 1. The van der Waals surface area contributed by atoms with Gasteiger partial charge in [-0.3, -0.25) is 0 Å². The van der Waals surface area contributed by atoms with Crippen LogP contribution in [0.15, 0.2) is 11.0 Å². The lowest BCUT2D eigenvalue weighted by atomic mass is 9.91. The first kappa shape index (κ1) is 16.0. The lowest BCUT2D eigenvalue weighted by molar-refractivity contribution is -0.178. The second-order valence-corrected chi connectivity index (χ2v) is 9.16. The molecule has 118 valence electrons. The van der Waals surface area contributed by atoms with Crippen molar-refractivity contribution in [3.63, 3.8) is 0 Å². The molecule has 1 aromatic rings. The van der Waals surface area contributed by atoms with Crippen LogP contribution in [0.1, 0.15) is 25.7 Å². The zero-order valence-corrected chi connectivity index (χ0v) is 14.2. The van der Waals surface area contributed by atoms with Crippen molar-refractivity contribution in [1.29, 1.82) is 0 Å². The average Bonchev–Trinajstić information content (AvgIpc) is 3.00. The van der Waals surface area contributed by atoms with Crippen LogP contribution in [-0.2, 0) is 19.5 Å². The molecule has 1 aliphatic heterocycles. The van der Waals surface area contributed by atoms with Crippen molar-refractivity contribution in [2.75, 3.05) is 13.2 Å². The van der Waals surface area contributed by atoms with Crippen LogP contribution in [0.5, 0.6) is 0 Å². The summed E-state index contributed by atoms with van der Waals surface area (Å²) in [5.41, 5.74) is 0. The third kappa shape index (κ3) is 3.39. The summed E-state index contributed by atoms with van der Waals surface area (Å²) in [5, 5.41) is 0. The van der Waals surface area contributed by atoms with Crippen molar-refractivity contribution >= 4 is 44.6 Å². The molecular weight excluding hydrogens is 357 g/mol. The molecule has 3 rings (SSSR count). The van der Waals surface area contributed by atoms with Crippen LogP contribution in [-0.4, -0.2) is 33.5 Å². The number of ether oxygens (including phenoxy) is 2. The zero-order valence-electron chi connectivity index (χ0n) is 11.1. The molecule has 1 aromatic heterocycles. The van der Waals surface area contributed by atoms with Gasteiger partial charge in [-0.2, -0.15) is 0 Å². The molecule has 1 saturated carbocycles. The number of rotatable bonds is 3. The van der Waals surface area contributed by atoms with Gasteiger partial charge in [0, 0.05) is 18.9 Å². The van der Waals surface area contributed by atoms with E-state index in [9.17, 15) is 8.42 Å². The van der Waals surface area contributed by atoms with Crippen LogP contribution >= 0.6 is 34.5 Å². The monoisotopic (exact) mass is 371 g/mol. The summed E-state index contributed by atoms with van der Waals surface area (Å²) < 4.78 is 39.2. The van der Waals surface area contributed by atoms with Gasteiger partial charge in [0.1, 0.15) is 9.23 Å². The number of hydrogen-bond acceptors (Lipinski definition) is 5. The van der Waals surface area contributed by atoms with Crippen molar-refractivity contribution in [2.45, 2.75) is 42.4 Å². The van der Waals surface area contributed by atoms with E-state index in [2.05, 4.69) is 4.72 Å². The van der Waals surface area contributed by atoms with E-state index in [1.807, 2.05) is 0 Å². The number of halogens is 2. The van der Waals surface area contributed by atoms with Crippen LogP contribution in [0.4, 0.5) is 0 Å². The Labute approximate surface area is 137 Å². The molecule has 1 N–H and O–H groups in total. The van der Waals surface area contributed by atoms with Gasteiger partial charge in [0.25, 0.3) is 0 Å². The molecule has 21 heavy (non-hydrogen) atoms. The van der Waals surface area contributed by atoms with Crippen molar-refractivity contribution in [3.8, 4) is 0 Å². The van der Waals surface area contributed by atoms with E-state index in [4.69, 9.17) is 32.7 Å². The van der Waals surface area contributed by atoms with Crippen molar-refractivity contribution in [1.82, 2.24) is 4.72 Å². The minimum atomic E-state index is -3.64. The maximum absolute atomic E-state index is 12.3. The molecule has 2 heterocycles. The highest BCUT2D eigenvalue weighted by Crippen LogP contribution is 2.37. The van der Waals surface area contributed by atoms with Crippen LogP contribution in [0.2, 0.25) is 8.67 Å². The van der Waals surface area contributed by atoms with Crippen molar-refractivity contribution in [3.05, 3.63) is 14.7 Å². The summed E-state index contributed by atoms with van der Waals surface area (Å²) in [6, 6.07) is 1.24. The smallest absolute Gasteiger partial charge is 0.243 e. The summed E-state index contributed by atoms with van der Waals surface area (Å²) in [6.07, 6.45) is 2.74. The molecule has 0 amide bonds. The molecule has 9 heteroatoms. The third-order valence-electron chi connectivity index (χ3n) is 3.80. The van der Waals surface area contributed by atoms with Crippen molar-refractivity contribution < 1.29 is 17.9 Å². The van der Waals surface area contributed by atoms with E-state index in [1.54, 1.807) is 0 Å². The maximum Gasteiger partial charge on any atom is 0.243 e. The fourth-order valence-electron chi connectivity index (χ4n) is 2.75. The van der Waals surface area contributed by atoms with Gasteiger partial charge in [-0.05, 0) is 18.9 Å². The fraction of sp³-hybridized carbons (Fsp3) is 0.667. The minimum Gasteiger partial charge on any atom is -0.348 e. The molecule has 0 atom stereocenters. The normalized spacial score (nSPS) is 23.0. The topological polar surface area (TPSA) is 64.6 Å². The summed E-state index contributed by atoms with van der Waals surface area (Å²) in [6.45, 7) is 1.22. The molecule has 5 nitrogen and oxygen atoms in total. The average molecular weight is 372 g/mol. The van der Waals surface area contributed by atoms with E-state index in [0.29, 0.717) is 43.2 Å². The standard InChI is InChI=1S/C12H15Cl2NO4S2/c13-10-7-9(11(14)20-10)21(16,17)15-8-1-3-12(4-2-8)18-5-6-19-12/h7-8,15H,1-6H2. The van der Waals surface area contributed by atoms with E-state index < -0.39 is 15.8 Å². The first-order chi connectivity index (χ1) is 9.90. The van der Waals surface area contributed by atoms with Gasteiger partial charge in [0.2, 0.25) is 10.0 Å². The van der Waals surface area contributed by atoms with Gasteiger partial charge in [-0.1, -0.05) is 23.2 Å². The second-order valence-electron chi connectivity index (χ2n) is 5.19. The first-order valence-corrected chi connectivity index (χ1v) is 9.71. The lowest BCUT2D eigenvalue weighted by Gasteiger charge is -2.35. The number of thiophene rings is 1. The van der Waals surface area contributed by atoms with Gasteiger partial charge in [0.05, 0.1) is 17.6 Å². The highest BCUT2D eigenvalue weighted by atomic mass is 35.5. The Hall–Kier alpha value is 0.110. The Balaban J connectivity index is 1.66. The Morgan fingerprint density at radius 3 is 2.38 bits per heavy atom. The van der Waals surface area contributed by atoms with Gasteiger partial charge < -0.3 is 9.47 Å². The Morgan fingerprint density at radius 2 is 1.86 bits per heavy atom. The Morgan fingerprint density at radius 1 is 1.24 bits per heavy atom. The molecule has 0 radical (unpaired) electrons. The van der Waals surface area contributed by atoms with E-state index >= 15 is 0 Å². The first-order valence-electron chi connectivity index (χ1n) is 6.65. The van der Waals surface area contributed by atoms with Gasteiger partial charge >= 0.3 is 0 Å². The van der Waals surface area contributed by atoms with Crippen molar-refractivity contribution in [2.24, 2.45) is 0 Å². The van der Waals surface area contributed by atoms with E-state index in [0.717, 1.165) is 11.3 Å². The summed E-state index contributed by atoms with van der Waals surface area (Å²) >= 11 is 12.8. The molecule has 2 aliphatic rings. The highest BCUT2D eigenvalue weighted by molar-refractivity contribution is 7.89. The predicted molar refractivity (Wildman–Crippen MR) is 81.6 cm³/mol. The van der Waals surface area contributed by atoms with E-state index in [-0.39, 0.29) is 15.3 Å². The largest absolute Gasteiger partial charge is 0.348 e. The minimum absolute atomic E-state index is 0.0489. The number of sulfonamides is 1. The SMILES string of the molecule is O=S(=O)(NC1CCC2(CC1)OCCO2)c1cc(Cl)sc1Cl. The Kier molecular flexibility index (Phi) is 4.53. The molecule has 0 aromatic carbocycles. The maximum atomic E-state index is 12.3. The molecule has 1 spiro atoms. The van der Waals surface area contributed by atoms with Gasteiger partial charge in [-0.25, -0.2) is 13.1 Å². The van der Waals surface area contributed by atoms with E-state index in [1.165, 1.54) is 6.07 Å². The molecule has 0 unspecified atom stereocenters. The highest BCUT2D eigenvalue weighted by Gasteiger charge is 2.41. The van der Waals surface area contributed by atoms with Gasteiger partial charge in [-0.15, -0.1) is 11.3 Å². The Bertz CT molecular complexity index is 615. The van der Waals surface area contributed by atoms with Gasteiger partial charge in [0.15, 0.2) is 5.79 Å². The van der Waals surface area contributed by atoms with Crippen LogP contribution in [0.3, 0.4) is 0 Å². The third-order valence-corrected chi connectivity index (χ3v) is 7.07. The fourth-order valence-corrected chi connectivity index (χ4v) is 6.21. The lowest BCUT2D eigenvalue weighted by Crippen LogP contribution is -2.43. The predicted octanol–water partition coefficient (Wildman–Crippen LogP) is 3.02. The molecular formula is C12H15Cl2NO4S2.